The van der Waals surface area contributed by atoms with Gasteiger partial charge in [-0.1, -0.05) is 0 Å². The maximum Gasteiger partial charge on any atom is 0.227 e. The van der Waals surface area contributed by atoms with E-state index >= 15 is 0 Å². The highest BCUT2D eigenvalue weighted by molar-refractivity contribution is 7.90. The zero-order chi connectivity index (χ0) is 22.2. The van der Waals surface area contributed by atoms with E-state index in [2.05, 4.69) is 11.9 Å². The molecule has 2 heterocycles. The number of furan rings is 1. The van der Waals surface area contributed by atoms with Crippen molar-refractivity contribution in [2.24, 2.45) is 0 Å². The Bertz CT molecular complexity index is 1200. The highest BCUT2D eigenvalue weighted by atomic mass is 32.2. The number of nitrogens with one attached hydrogen (secondary N) is 1. The zero-order valence-electron chi connectivity index (χ0n) is 17.4. The molecule has 30 heavy (non-hydrogen) atoms. The van der Waals surface area contributed by atoms with Crippen molar-refractivity contribution in [1.82, 2.24) is 0 Å². The van der Waals surface area contributed by atoms with Gasteiger partial charge in [0.25, 0.3) is 0 Å². The van der Waals surface area contributed by atoms with E-state index in [1.165, 1.54) is 6.26 Å². The fourth-order valence-corrected chi connectivity index (χ4v) is 4.28. The number of rotatable bonds is 3. The third kappa shape index (κ3) is 4.12. The Kier molecular flexibility index (Phi) is 5.78. The van der Waals surface area contributed by atoms with E-state index in [9.17, 15) is 8.42 Å². The highest BCUT2D eigenvalue weighted by Crippen LogP contribution is 2.37. The molecule has 2 atom stereocenters. The van der Waals surface area contributed by atoms with E-state index < -0.39 is 15.8 Å². The molecule has 3 aromatic rings. The second-order valence-corrected chi connectivity index (χ2v) is 9.21. The van der Waals surface area contributed by atoms with Crippen LogP contribution in [0.4, 0.5) is 11.4 Å². The van der Waals surface area contributed by atoms with Gasteiger partial charge in [-0.05, 0) is 37.3 Å². The molecule has 0 saturated heterocycles. The van der Waals surface area contributed by atoms with Gasteiger partial charge in [-0.2, -0.15) is 0 Å². The fourth-order valence-electron chi connectivity index (χ4n) is 3.64. The summed E-state index contributed by atoms with van der Waals surface area (Å²) in [5, 5.41) is 9.90. The van der Waals surface area contributed by atoms with Crippen LogP contribution < -0.4 is 19.6 Å². The first-order valence-corrected chi connectivity index (χ1v) is 11.1. The minimum absolute atomic E-state index is 0.0711. The summed E-state index contributed by atoms with van der Waals surface area (Å²) >= 11 is 0. The van der Waals surface area contributed by atoms with Crippen molar-refractivity contribution in [2.45, 2.75) is 18.0 Å². The summed E-state index contributed by atoms with van der Waals surface area (Å²) in [5.41, 5.74) is 2.71. The minimum Gasteiger partial charge on any atom is -0.550 e. The van der Waals surface area contributed by atoms with Crippen molar-refractivity contribution < 1.29 is 32.4 Å². The number of carboxylic acid groups (broad SMARTS) is 1. The second kappa shape index (κ2) is 8.00. The lowest BCUT2D eigenvalue weighted by Gasteiger charge is -2.20. The lowest BCUT2D eigenvalue weighted by molar-refractivity contribution is -0.839. The van der Waals surface area contributed by atoms with Gasteiger partial charge in [0.05, 0.1) is 19.1 Å². The number of hydrogen-bond acceptors (Lipinski definition) is 7. The summed E-state index contributed by atoms with van der Waals surface area (Å²) in [5.74, 6) is 0.491. The Hall–Kier alpha value is -3.04. The van der Waals surface area contributed by atoms with Crippen LogP contribution in [0.5, 0.6) is 5.75 Å². The largest absolute Gasteiger partial charge is 0.550 e. The summed E-state index contributed by atoms with van der Waals surface area (Å²) in [6.07, 6.45) is 1.16. The van der Waals surface area contributed by atoms with E-state index in [0.29, 0.717) is 4.90 Å². The second-order valence-electron chi connectivity index (χ2n) is 7.19. The molecule has 0 saturated carbocycles. The van der Waals surface area contributed by atoms with E-state index in [-0.39, 0.29) is 6.17 Å². The molecule has 0 radical (unpaired) electrons. The Morgan fingerprint density at radius 1 is 1.20 bits per heavy atom. The molecule has 1 aromatic heterocycles. The first-order chi connectivity index (χ1) is 14.0. The van der Waals surface area contributed by atoms with Crippen LogP contribution in [0.25, 0.3) is 11.0 Å². The standard InChI is InChI=1S/C19H20N2O4S.C2H4O2/c1-20-15-8-7-14(26(4,22)23)11-16(15)21(2)19(20)18-9-12-5-6-13(24-3)10-17(12)25-18;1-2(3)4/h5-11,19H,1-4H3;1H3,(H,3,4). The van der Waals surface area contributed by atoms with E-state index in [1.807, 2.05) is 37.4 Å². The van der Waals surface area contributed by atoms with Crippen LogP contribution >= 0.6 is 0 Å². The van der Waals surface area contributed by atoms with Crippen molar-refractivity contribution in [3.05, 3.63) is 48.2 Å². The predicted molar refractivity (Wildman–Crippen MR) is 111 cm³/mol. The average Bonchev–Trinajstić information content (AvgIpc) is 3.18. The average molecular weight is 432 g/mol. The Morgan fingerprint density at radius 2 is 1.87 bits per heavy atom. The number of benzene rings is 2. The van der Waals surface area contributed by atoms with Crippen LogP contribution in [0.15, 0.2) is 51.8 Å². The number of carbonyl (C=O) groups excluding carboxylic acids is 1. The number of nitrogens with zero attached hydrogens (tertiary/aromatic N) is 1. The quantitative estimate of drug-likeness (QED) is 0.656. The van der Waals surface area contributed by atoms with Gasteiger partial charge in [0.1, 0.15) is 17.0 Å². The van der Waals surface area contributed by atoms with Crippen LogP contribution in [-0.4, -0.2) is 41.8 Å². The minimum atomic E-state index is -3.25. The molecule has 1 aliphatic heterocycles. The van der Waals surface area contributed by atoms with Gasteiger partial charge in [-0.15, -0.1) is 0 Å². The van der Waals surface area contributed by atoms with Crippen molar-refractivity contribution in [3.8, 4) is 5.75 Å². The molecule has 160 valence electrons. The van der Waals surface area contributed by atoms with Gasteiger partial charge in [0.15, 0.2) is 21.3 Å². The molecule has 0 spiro atoms. The molecule has 0 aliphatic carbocycles. The summed E-state index contributed by atoms with van der Waals surface area (Å²) < 4.78 is 35.2. The molecule has 4 rings (SSSR count). The van der Waals surface area contributed by atoms with Gasteiger partial charge in [-0.25, -0.2) is 8.42 Å². The van der Waals surface area contributed by atoms with Crippen molar-refractivity contribution >= 4 is 38.2 Å². The number of methoxy groups -OCH3 is 1. The normalized spacial score (nSPS) is 18.0. The van der Waals surface area contributed by atoms with Crippen molar-refractivity contribution in [2.75, 3.05) is 32.4 Å². The summed E-state index contributed by atoms with van der Waals surface area (Å²) in [4.78, 5) is 12.4. The topological polar surface area (TPSA) is 104 Å². The number of quaternary nitrogens is 1. The molecule has 0 fully saturated rings. The summed E-state index contributed by atoms with van der Waals surface area (Å²) in [6.45, 7) is 0.972. The SMILES string of the molecule is CC(=O)[O-].COc1ccc2cc(C3N(C)c4cc(S(C)(=O)=O)ccc4[NH+]3C)oc2c1. The van der Waals surface area contributed by atoms with Crippen LogP contribution in [0.1, 0.15) is 18.8 Å². The van der Waals surface area contributed by atoms with Gasteiger partial charge in [0, 0.05) is 36.8 Å². The molecule has 8 nitrogen and oxygen atoms in total. The molecule has 0 bridgehead atoms. The molecule has 1 N–H and O–H groups in total. The molecular weight excluding hydrogens is 408 g/mol. The van der Waals surface area contributed by atoms with Gasteiger partial charge >= 0.3 is 0 Å². The Balaban J connectivity index is 0.000000589. The molecule has 9 heteroatoms. The first kappa shape index (κ1) is 21.7. The molecule has 2 aromatic carbocycles. The number of carbonyl (C=O) groups is 1. The van der Waals surface area contributed by atoms with E-state index in [4.69, 9.17) is 19.1 Å². The van der Waals surface area contributed by atoms with E-state index in [0.717, 1.165) is 45.7 Å². The number of carboxylic acids is 1. The maximum absolute atomic E-state index is 11.9. The maximum atomic E-state index is 11.9. The predicted octanol–water partition coefficient (Wildman–Crippen LogP) is 0.896. The number of ether oxygens (including phenoxy) is 1. The number of hydrogen-bond donors (Lipinski definition) is 1. The van der Waals surface area contributed by atoms with Gasteiger partial charge in [-0.3, -0.25) is 4.90 Å². The van der Waals surface area contributed by atoms with Gasteiger partial charge < -0.3 is 24.0 Å². The zero-order valence-corrected chi connectivity index (χ0v) is 18.2. The molecule has 2 unspecified atom stereocenters. The fraction of sp³-hybridized carbons (Fsp3) is 0.286. The molecule has 0 amide bonds. The number of fused-ring (bicyclic) bond motifs is 2. The van der Waals surface area contributed by atoms with Crippen LogP contribution in [-0.2, 0) is 14.6 Å². The Labute approximate surface area is 175 Å². The highest BCUT2D eigenvalue weighted by Gasteiger charge is 2.40. The third-order valence-corrected chi connectivity index (χ3v) is 6.13. The van der Waals surface area contributed by atoms with Gasteiger partial charge in [0.2, 0.25) is 6.17 Å². The lowest BCUT2D eigenvalue weighted by atomic mass is 10.2. The number of sulfone groups is 1. The van der Waals surface area contributed by atoms with Crippen molar-refractivity contribution in [1.29, 1.82) is 0 Å². The van der Waals surface area contributed by atoms with Crippen LogP contribution in [0.3, 0.4) is 0 Å². The lowest BCUT2D eigenvalue weighted by Crippen LogP contribution is -3.04. The molecular formula is C21H24N2O6S. The smallest absolute Gasteiger partial charge is 0.227 e. The number of anilines is 1. The van der Waals surface area contributed by atoms with Crippen LogP contribution in [0, 0.1) is 0 Å². The van der Waals surface area contributed by atoms with E-state index in [1.54, 1.807) is 19.2 Å². The third-order valence-electron chi connectivity index (χ3n) is 5.02. The van der Waals surface area contributed by atoms with Crippen molar-refractivity contribution in [3.63, 3.8) is 0 Å². The summed E-state index contributed by atoms with van der Waals surface area (Å²) in [7, 11) is 2.39. The molecule has 1 aliphatic rings. The number of aliphatic carboxylic acids is 1. The van der Waals surface area contributed by atoms with Crippen LogP contribution in [0.2, 0.25) is 0 Å². The Morgan fingerprint density at radius 3 is 2.47 bits per heavy atom. The summed E-state index contributed by atoms with van der Waals surface area (Å²) in [6, 6.07) is 13.1. The first-order valence-electron chi connectivity index (χ1n) is 9.18. The monoisotopic (exact) mass is 432 g/mol.